The summed E-state index contributed by atoms with van der Waals surface area (Å²) in [6.07, 6.45) is 0.623. The third-order valence-corrected chi connectivity index (χ3v) is 5.05. The second-order valence-electron chi connectivity index (χ2n) is 5.71. The molecule has 9 heteroatoms. The largest absolute Gasteiger partial charge is 0.490 e. The first-order chi connectivity index (χ1) is 13.3. The highest BCUT2D eigenvalue weighted by Gasteiger charge is 2.26. The van der Waals surface area contributed by atoms with E-state index in [4.69, 9.17) is 9.47 Å². The van der Waals surface area contributed by atoms with E-state index in [9.17, 15) is 22.0 Å². The Hall–Kier alpha value is -2.68. The lowest BCUT2D eigenvalue weighted by molar-refractivity contribution is -0.116. The van der Waals surface area contributed by atoms with Crippen LogP contribution in [0.3, 0.4) is 0 Å². The molecule has 0 aliphatic heterocycles. The summed E-state index contributed by atoms with van der Waals surface area (Å²) in [5, 5.41) is 2.58. The van der Waals surface area contributed by atoms with E-state index < -0.39 is 20.5 Å². The summed E-state index contributed by atoms with van der Waals surface area (Å²) < 4.78 is 58.8. The summed E-state index contributed by atoms with van der Waals surface area (Å²) >= 11 is 0. The first kappa shape index (κ1) is 21.6. The zero-order chi connectivity index (χ0) is 20.6. The number of alkyl halides is 2. The van der Waals surface area contributed by atoms with E-state index in [0.717, 1.165) is 12.1 Å². The van der Waals surface area contributed by atoms with Gasteiger partial charge in [-0.15, -0.1) is 0 Å². The van der Waals surface area contributed by atoms with Gasteiger partial charge in [-0.2, -0.15) is 8.78 Å². The van der Waals surface area contributed by atoms with Gasteiger partial charge in [-0.25, -0.2) is 8.42 Å². The van der Waals surface area contributed by atoms with Crippen LogP contribution in [0.4, 0.5) is 14.5 Å². The summed E-state index contributed by atoms with van der Waals surface area (Å²) in [6, 6.07) is 11.8. The molecule has 0 unspecified atom stereocenters. The number of amides is 1. The maximum atomic E-state index is 12.5. The molecule has 2 aromatic carbocycles. The fourth-order valence-corrected chi connectivity index (χ4v) is 3.03. The Bertz CT molecular complexity index is 885. The highest BCUT2D eigenvalue weighted by molar-refractivity contribution is 7.91. The molecule has 0 bridgehead atoms. The Morgan fingerprint density at radius 1 is 1.04 bits per heavy atom. The average Bonchev–Trinajstić information content (AvgIpc) is 2.67. The van der Waals surface area contributed by atoms with Crippen LogP contribution in [-0.4, -0.2) is 33.3 Å². The number of para-hydroxylation sites is 2. The first-order valence-electron chi connectivity index (χ1n) is 8.61. The van der Waals surface area contributed by atoms with Crippen LogP contribution in [0.1, 0.15) is 19.8 Å². The summed E-state index contributed by atoms with van der Waals surface area (Å²) in [7, 11) is -4.65. The van der Waals surface area contributed by atoms with Crippen LogP contribution in [0, 0.1) is 0 Å². The quantitative estimate of drug-likeness (QED) is 0.598. The predicted octanol–water partition coefficient (Wildman–Crippen LogP) is 3.88. The van der Waals surface area contributed by atoms with Crippen molar-refractivity contribution in [3.63, 3.8) is 0 Å². The van der Waals surface area contributed by atoms with Crippen LogP contribution in [0.15, 0.2) is 53.4 Å². The van der Waals surface area contributed by atoms with Gasteiger partial charge in [0.05, 0.1) is 18.1 Å². The highest BCUT2D eigenvalue weighted by Crippen LogP contribution is 2.26. The number of halogens is 2. The lowest BCUT2D eigenvalue weighted by Crippen LogP contribution is -2.14. The number of nitrogens with one attached hydrogen (secondary N) is 1. The van der Waals surface area contributed by atoms with Gasteiger partial charge in [0.25, 0.3) is 0 Å². The minimum atomic E-state index is -4.65. The molecule has 0 aliphatic rings. The zero-order valence-corrected chi connectivity index (χ0v) is 16.0. The number of anilines is 1. The zero-order valence-electron chi connectivity index (χ0n) is 15.2. The molecule has 0 aliphatic carbocycles. The Labute approximate surface area is 162 Å². The van der Waals surface area contributed by atoms with Crippen molar-refractivity contribution in [1.82, 2.24) is 0 Å². The van der Waals surface area contributed by atoms with E-state index in [0.29, 0.717) is 36.8 Å². The third-order valence-electron chi connectivity index (χ3n) is 3.66. The van der Waals surface area contributed by atoms with Gasteiger partial charge in [0.15, 0.2) is 11.5 Å². The normalized spacial score (nSPS) is 11.3. The Morgan fingerprint density at radius 3 is 2.21 bits per heavy atom. The summed E-state index contributed by atoms with van der Waals surface area (Å²) in [4.78, 5) is 11.5. The number of carbonyl (C=O) groups is 1. The van der Waals surface area contributed by atoms with Gasteiger partial charge in [0.1, 0.15) is 0 Å². The molecule has 2 rings (SSSR count). The summed E-state index contributed by atoms with van der Waals surface area (Å²) in [6.45, 7) is 2.69. The van der Waals surface area contributed by atoms with Crippen molar-refractivity contribution >= 4 is 21.4 Å². The van der Waals surface area contributed by atoms with Gasteiger partial charge >= 0.3 is 5.76 Å². The fourth-order valence-electron chi connectivity index (χ4n) is 2.31. The van der Waals surface area contributed by atoms with E-state index >= 15 is 0 Å². The third kappa shape index (κ3) is 5.91. The molecular weight excluding hydrogens is 392 g/mol. The molecule has 0 atom stereocenters. The molecule has 152 valence electrons. The smallest absolute Gasteiger partial charge is 0.341 e. The van der Waals surface area contributed by atoms with Crippen molar-refractivity contribution in [1.29, 1.82) is 0 Å². The summed E-state index contributed by atoms with van der Waals surface area (Å²) in [5.74, 6) is -2.55. The number of hydrogen-bond donors (Lipinski definition) is 1. The number of ether oxygens (including phenoxy) is 2. The Balaban J connectivity index is 1.80. The molecule has 0 heterocycles. The minimum absolute atomic E-state index is 0.174. The van der Waals surface area contributed by atoms with E-state index in [1.807, 2.05) is 19.1 Å². The summed E-state index contributed by atoms with van der Waals surface area (Å²) in [5.41, 5.74) is 0.320. The van der Waals surface area contributed by atoms with Crippen LogP contribution in [0.5, 0.6) is 11.5 Å². The number of benzene rings is 2. The minimum Gasteiger partial charge on any atom is -0.490 e. The van der Waals surface area contributed by atoms with Crippen molar-refractivity contribution in [3.05, 3.63) is 48.5 Å². The molecule has 0 saturated carbocycles. The standard InChI is InChI=1S/C19H21F2NO5S/c1-2-26-16-6-3-4-7-17(16)27-13-5-8-18(23)22-14-9-11-15(12-10-14)28(24,25)19(20)21/h3-4,6-7,9-12,19H,2,5,8,13H2,1H3,(H,22,23). The number of sulfone groups is 1. The average molecular weight is 413 g/mol. The molecule has 1 N–H and O–H groups in total. The molecule has 0 aromatic heterocycles. The molecule has 0 saturated heterocycles. The Kier molecular flexibility index (Phi) is 7.74. The van der Waals surface area contributed by atoms with Crippen molar-refractivity contribution in [2.45, 2.75) is 30.4 Å². The lowest BCUT2D eigenvalue weighted by Gasteiger charge is -2.11. The topological polar surface area (TPSA) is 81.7 Å². The molecule has 0 radical (unpaired) electrons. The number of hydrogen-bond acceptors (Lipinski definition) is 5. The van der Waals surface area contributed by atoms with Gasteiger partial charge in [-0.05, 0) is 49.7 Å². The van der Waals surface area contributed by atoms with Crippen LogP contribution < -0.4 is 14.8 Å². The van der Waals surface area contributed by atoms with Crippen LogP contribution in [-0.2, 0) is 14.6 Å². The second kappa shape index (κ2) is 10.0. The Morgan fingerprint density at radius 2 is 1.64 bits per heavy atom. The van der Waals surface area contributed by atoms with Crippen LogP contribution >= 0.6 is 0 Å². The van der Waals surface area contributed by atoms with Crippen molar-refractivity contribution < 1.29 is 31.5 Å². The monoisotopic (exact) mass is 413 g/mol. The van der Waals surface area contributed by atoms with Gasteiger partial charge in [0, 0.05) is 12.1 Å². The molecular formula is C19H21F2NO5S. The molecule has 0 fully saturated rings. The predicted molar refractivity (Wildman–Crippen MR) is 101 cm³/mol. The molecule has 6 nitrogen and oxygen atoms in total. The van der Waals surface area contributed by atoms with E-state index in [1.54, 1.807) is 12.1 Å². The fraction of sp³-hybridized carbons (Fsp3) is 0.316. The van der Waals surface area contributed by atoms with Crippen molar-refractivity contribution in [2.24, 2.45) is 0 Å². The molecule has 1 amide bonds. The molecule has 28 heavy (non-hydrogen) atoms. The van der Waals surface area contributed by atoms with E-state index in [-0.39, 0.29) is 12.3 Å². The van der Waals surface area contributed by atoms with Crippen LogP contribution in [0.25, 0.3) is 0 Å². The second-order valence-corrected chi connectivity index (χ2v) is 7.63. The van der Waals surface area contributed by atoms with Gasteiger partial charge in [-0.3, -0.25) is 4.79 Å². The SMILES string of the molecule is CCOc1ccccc1OCCCC(=O)Nc1ccc(S(=O)(=O)C(F)F)cc1. The van der Waals surface area contributed by atoms with Crippen molar-refractivity contribution in [2.75, 3.05) is 18.5 Å². The van der Waals surface area contributed by atoms with E-state index in [1.165, 1.54) is 12.1 Å². The highest BCUT2D eigenvalue weighted by atomic mass is 32.2. The maximum Gasteiger partial charge on any atom is 0.341 e. The maximum absolute atomic E-state index is 12.5. The van der Waals surface area contributed by atoms with Gasteiger partial charge in [-0.1, -0.05) is 12.1 Å². The molecule has 2 aromatic rings. The van der Waals surface area contributed by atoms with Crippen LogP contribution in [0.2, 0.25) is 0 Å². The van der Waals surface area contributed by atoms with Gasteiger partial charge < -0.3 is 14.8 Å². The van der Waals surface area contributed by atoms with Crippen molar-refractivity contribution in [3.8, 4) is 11.5 Å². The lowest BCUT2D eigenvalue weighted by atomic mass is 10.2. The van der Waals surface area contributed by atoms with E-state index in [2.05, 4.69) is 5.32 Å². The number of carbonyl (C=O) groups excluding carboxylic acids is 1. The molecule has 0 spiro atoms. The van der Waals surface area contributed by atoms with Gasteiger partial charge in [0.2, 0.25) is 15.7 Å². The number of rotatable bonds is 10. The first-order valence-corrected chi connectivity index (χ1v) is 10.2.